The first kappa shape index (κ1) is 16.4. The van der Waals surface area contributed by atoms with Crippen molar-refractivity contribution in [3.8, 4) is 0 Å². The third kappa shape index (κ3) is 3.62. The predicted molar refractivity (Wildman–Crippen MR) is 86.6 cm³/mol. The maximum atomic E-state index is 14.1. The van der Waals surface area contributed by atoms with Crippen LogP contribution in [0.1, 0.15) is 39.3 Å². The molecule has 0 radical (unpaired) electrons. The first-order valence-corrected chi connectivity index (χ1v) is 7.36. The lowest BCUT2D eigenvalue weighted by atomic mass is 9.95. The van der Waals surface area contributed by atoms with Crippen LogP contribution in [0.2, 0.25) is 0 Å². The Bertz CT molecular complexity index is 650. The van der Waals surface area contributed by atoms with Crippen molar-refractivity contribution in [2.45, 2.75) is 39.3 Å². The van der Waals surface area contributed by atoms with Gasteiger partial charge in [0.1, 0.15) is 11.4 Å². The Morgan fingerprint density at radius 3 is 2.55 bits per heavy atom. The van der Waals surface area contributed by atoms with Crippen LogP contribution in [0.5, 0.6) is 0 Å². The minimum absolute atomic E-state index is 0.327. The van der Waals surface area contributed by atoms with E-state index >= 15 is 0 Å². The molecule has 1 unspecified atom stereocenters. The Hall–Kier alpha value is -1.95. The monoisotopic (exact) mass is 322 g/mol. The number of rotatable bonds is 2. The fraction of sp³-hybridized carbons (Fsp3) is 0.375. The molecule has 1 heterocycles. The van der Waals surface area contributed by atoms with Crippen LogP contribution in [0.15, 0.2) is 35.5 Å². The SMILES string of the molecule is CC1=C(C(=O)OC(C)(C)C)C(c2ccccc2F)NC(=S)N1. The van der Waals surface area contributed by atoms with E-state index < -0.39 is 23.4 Å². The molecule has 1 aliphatic rings. The molecule has 0 saturated heterocycles. The van der Waals surface area contributed by atoms with Crippen molar-refractivity contribution in [3.05, 3.63) is 46.9 Å². The van der Waals surface area contributed by atoms with Gasteiger partial charge < -0.3 is 15.4 Å². The summed E-state index contributed by atoms with van der Waals surface area (Å²) < 4.78 is 19.6. The first-order valence-electron chi connectivity index (χ1n) is 6.95. The van der Waals surface area contributed by atoms with Crippen molar-refractivity contribution < 1.29 is 13.9 Å². The molecular formula is C16H19FN2O2S. The molecule has 0 spiro atoms. The third-order valence-corrected chi connectivity index (χ3v) is 3.32. The highest BCUT2D eigenvalue weighted by Gasteiger charge is 2.34. The van der Waals surface area contributed by atoms with E-state index in [9.17, 15) is 9.18 Å². The molecule has 118 valence electrons. The molecule has 4 nitrogen and oxygen atoms in total. The molecule has 0 amide bonds. The molecule has 0 saturated carbocycles. The third-order valence-electron chi connectivity index (χ3n) is 3.10. The van der Waals surface area contributed by atoms with Crippen LogP contribution in [0.3, 0.4) is 0 Å². The highest BCUT2D eigenvalue weighted by atomic mass is 32.1. The maximum absolute atomic E-state index is 14.1. The van der Waals surface area contributed by atoms with E-state index in [0.29, 0.717) is 21.9 Å². The van der Waals surface area contributed by atoms with E-state index in [1.165, 1.54) is 6.07 Å². The Balaban J connectivity index is 2.46. The summed E-state index contributed by atoms with van der Waals surface area (Å²) in [6, 6.07) is 5.61. The van der Waals surface area contributed by atoms with Crippen LogP contribution >= 0.6 is 12.2 Å². The molecule has 6 heteroatoms. The second-order valence-electron chi connectivity index (χ2n) is 6.09. The molecule has 0 fully saturated rings. The zero-order valence-corrected chi connectivity index (χ0v) is 13.8. The van der Waals surface area contributed by atoms with Crippen LogP contribution in [0.4, 0.5) is 4.39 Å². The second kappa shape index (κ2) is 6.04. The van der Waals surface area contributed by atoms with Gasteiger partial charge in [-0.25, -0.2) is 9.18 Å². The number of hydrogen-bond acceptors (Lipinski definition) is 3. The molecule has 1 aromatic carbocycles. The fourth-order valence-electron chi connectivity index (χ4n) is 2.24. The van der Waals surface area contributed by atoms with Crippen molar-refractivity contribution in [2.75, 3.05) is 0 Å². The van der Waals surface area contributed by atoms with E-state index in [1.54, 1.807) is 45.9 Å². The van der Waals surface area contributed by atoms with Gasteiger partial charge in [0.15, 0.2) is 5.11 Å². The lowest BCUT2D eigenvalue weighted by Crippen LogP contribution is -2.46. The molecule has 1 atom stereocenters. The standard InChI is InChI=1S/C16H19FN2O2S/c1-9-12(14(20)21-16(2,3)4)13(19-15(22)18-9)10-7-5-6-8-11(10)17/h5-8,13H,1-4H3,(H2,18,19,22). The van der Waals surface area contributed by atoms with Gasteiger partial charge in [0.05, 0.1) is 11.6 Å². The Labute approximate surface area is 134 Å². The van der Waals surface area contributed by atoms with Gasteiger partial charge in [0, 0.05) is 11.3 Å². The number of carbonyl (C=O) groups is 1. The van der Waals surface area contributed by atoms with Crippen molar-refractivity contribution in [3.63, 3.8) is 0 Å². The number of carbonyl (C=O) groups excluding carboxylic acids is 1. The average Bonchev–Trinajstić information content (AvgIpc) is 2.35. The average molecular weight is 322 g/mol. The number of thiocarbonyl (C=S) groups is 1. The number of halogens is 1. The lowest BCUT2D eigenvalue weighted by molar-refractivity contribution is -0.150. The minimum Gasteiger partial charge on any atom is -0.456 e. The van der Waals surface area contributed by atoms with E-state index in [4.69, 9.17) is 17.0 Å². The highest BCUT2D eigenvalue weighted by molar-refractivity contribution is 7.80. The molecule has 22 heavy (non-hydrogen) atoms. The number of esters is 1. The molecule has 2 rings (SSSR count). The van der Waals surface area contributed by atoms with E-state index in [2.05, 4.69) is 10.6 Å². The summed E-state index contributed by atoms with van der Waals surface area (Å²) in [6.45, 7) is 7.08. The summed E-state index contributed by atoms with van der Waals surface area (Å²) in [5, 5.41) is 6.18. The van der Waals surface area contributed by atoms with E-state index in [0.717, 1.165) is 0 Å². The quantitative estimate of drug-likeness (QED) is 0.648. The van der Waals surface area contributed by atoms with Crippen LogP contribution in [-0.2, 0) is 9.53 Å². The number of benzene rings is 1. The van der Waals surface area contributed by atoms with Crippen molar-refractivity contribution in [1.29, 1.82) is 0 Å². The van der Waals surface area contributed by atoms with Gasteiger partial charge in [-0.1, -0.05) is 18.2 Å². The first-order chi connectivity index (χ1) is 10.2. The molecule has 1 aromatic rings. The molecule has 0 bridgehead atoms. The summed E-state index contributed by atoms with van der Waals surface area (Å²) in [5.74, 6) is -0.903. The summed E-state index contributed by atoms with van der Waals surface area (Å²) >= 11 is 5.12. The topological polar surface area (TPSA) is 50.4 Å². The van der Waals surface area contributed by atoms with E-state index in [1.807, 2.05) is 0 Å². The molecular weight excluding hydrogens is 303 g/mol. The van der Waals surface area contributed by atoms with Gasteiger partial charge in [0.2, 0.25) is 0 Å². The number of hydrogen-bond donors (Lipinski definition) is 2. The highest BCUT2D eigenvalue weighted by Crippen LogP contribution is 2.30. The fourth-order valence-corrected chi connectivity index (χ4v) is 2.51. The van der Waals surface area contributed by atoms with Gasteiger partial charge >= 0.3 is 5.97 Å². The minimum atomic E-state index is -0.676. The van der Waals surface area contributed by atoms with Crippen LogP contribution in [-0.4, -0.2) is 16.7 Å². The molecule has 1 aliphatic heterocycles. The van der Waals surface area contributed by atoms with E-state index in [-0.39, 0.29) is 0 Å². The molecule has 2 N–H and O–H groups in total. The summed E-state index contributed by atoms with van der Waals surface area (Å²) in [7, 11) is 0. The predicted octanol–water partition coefficient (Wildman–Crippen LogP) is 2.96. The summed E-state index contributed by atoms with van der Waals surface area (Å²) in [4.78, 5) is 12.5. The zero-order chi connectivity index (χ0) is 16.5. The van der Waals surface area contributed by atoms with Crippen LogP contribution < -0.4 is 10.6 Å². The largest absolute Gasteiger partial charge is 0.456 e. The molecule has 0 aromatic heterocycles. The smallest absolute Gasteiger partial charge is 0.338 e. The van der Waals surface area contributed by atoms with Crippen molar-refractivity contribution in [1.82, 2.24) is 10.6 Å². The maximum Gasteiger partial charge on any atom is 0.338 e. The lowest BCUT2D eigenvalue weighted by Gasteiger charge is -2.31. The summed E-state index contributed by atoms with van der Waals surface area (Å²) in [5.41, 5.74) is 0.605. The van der Waals surface area contributed by atoms with Gasteiger partial charge in [-0.05, 0) is 46.0 Å². The molecule has 0 aliphatic carbocycles. The van der Waals surface area contributed by atoms with Gasteiger partial charge in [0.25, 0.3) is 0 Å². The summed E-state index contributed by atoms with van der Waals surface area (Å²) in [6.07, 6.45) is 0. The zero-order valence-electron chi connectivity index (χ0n) is 13.0. The number of nitrogens with one attached hydrogen (secondary N) is 2. The normalized spacial score (nSPS) is 18.6. The Morgan fingerprint density at radius 2 is 1.95 bits per heavy atom. The number of ether oxygens (including phenoxy) is 1. The van der Waals surface area contributed by atoms with Crippen LogP contribution in [0, 0.1) is 5.82 Å². The Morgan fingerprint density at radius 1 is 1.32 bits per heavy atom. The van der Waals surface area contributed by atoms with Crippen LogP contribution in [0.25, 0.3) is 0 Å². The van der Waals surface area contributed by atoms with Gasteiger partial charge in [-0.3, -0.25) is 0 Å². The second-order valence-corrected chi connectivity index (χ2v) is 6.50. The van der Waals surface area contributed by atoms with Crippen molar-refractivity contribution >= 4 is 23.3 Å². The van der Waals surface area contributed by atoms with Crippen molar-refractivity contribution in [2.24, 2.45) is 0 Å². The number of allylic oxidation sites excluding steroid dienone is 1. The van der Waals surface area contributed by atoms with Gasteiger partial charge in [-0.15, -0.1) is 0 Å². The van der Waals surface area contributed by atoms with Gasteiger partial charge in [-0.2, -0.15) is 0 Å². The Kier molecular flexibility index (Phi) is 4.51.